The summed E-state index contributed by atoms with van der Waals surface area (Å²) in [5.41, 5.74) is 6.27. The van der Waals surface area contributed by atoms with Gasteiger partial charge in [-0.3, -0.25) is 4.98 Å². The minimum Gasteiger partial charge on any atom is -0.464 e. The molecule has 2 heterocycles. The van der Waals surface area contributed by atoms with Crippen LogP contribution in [0.4, 0.5) is 5.82 Å². The normalized spacial score (nSPS) is 32.3. The molecule has 4 unspecified atom stereocenters. The lowest BCUT2D eigenvalue weighted by molar-refractivity contribution is 0.00522. The number of carbonyl (C=O) groups excluding carboxylic acids is 1. The molecule has 1 aliphatic heterocycles. The third kappa shape index (κ3) is 2.04. The predicted octanol–water partition coefficient (Wildman–Crippen LogP) is -0.210. The lowest BCUT2D eigenvalue weighted by Crippen LogP contribution is -2.65. The third-order valence-electron chi connectivity index (χ3n) is 3.79. The van der Waals surface area contributed by atoms with Gasteiger partial charge in [-0.05, 0) is 6.42 Å². The second-order valence-electron chi connectivity index (χ2n) is 4.82. The topological polar surface area (TPSA) is 99.4 Å². The first-order valence-corrected chi connectivity index (χ1v) is 6.25. The average molecular weight is 264 g/mol. The van der Waals surface area contributed by atoms with E-state index in [1.165, 1.54) is 13.3 Å². The second-order valence-corrected chi connectivity index (χ2v) is 4.82. The second kappa shape index (κ2) is 4.75. The fraction of sp³-hybridized carbons (Fsp3) is 0.583. The van der Waals surface area contributed by atoms with Crippen molar-refractivity contribution in [3.63, 3.8) is 0 Å². The van der Waals surface area contributed by atoms with Gasteiger partial charge < -0.3 is 20.5 Å². The van der Waals surface area contributed by atoms with Crippen molar-refractivity contribution in [3.05, 3.63) is 18.1 Å². The Hall–Kier alpha value is -1.73. The lowest BCUT2D eigenvalue weighted by atomic mass is 9.72. The average Bonchev–Trinajstić information content (AvgIpc) is 2.89. The van der Waals surface area contributed by atoms with E-state index >= 15 is 0 Å². The highest BCUT2D eigenvalue weighted by molar-refractivity contribution is 5.87. The van der Waals surface area contributed by atoms with Gasteiger partial charge in [-0.15, -0.1) is 0 Å². The molecule has 1 aromatic heterocycles. The van der Waals surface area contributed by atoms with Crippen molar-refractivity contribution in [2.75, 3.05) is 19.0 Å². The van der Waals surface area contributed by atoms with Crippen LogP contribution in [0, 0.1) is 5.92 Å². The first-order valence-electron chi connectivity index (χ1n) is 6.25. The van der Waals surface area contributed by atoms with Crippen molar-refractivity contribution in [3.8, 4) is 0 Å². The Morgan fingerprint density at radius 3 is 3.21 bits per heavy atom. The number of carbonyl (C=O) groups is 1. The molecule has 2 fully saturated rings. The summed E-state index contributed by atoms with van der Waals surface area (Å²) in [6, 6.07) is 0.0748. The lowest BCUT2D eigenvalue weighted by Gasteiger charge is -2.45. The van der Waals surface area contributed by atoms with Gasteiger partial charge in [0.2, 0.25) is 0 Å². The molecule has 7 nitrogen and oxygen atoms in total. The van der Waals surface area contributed by atoms with Crippen LogP contribution in [0.2, 0.25) is 0 Å². The van der Waals surface area contributed by atoms with Crippen LogP contribution in [0.3, 0.4) is 0 Å². The van der Waals surface area contributed by atoms with E-state index in [0.717, 1.165) is 13.0 Å². The van der Waals surface area contributed by atoms with Gasteiger partial charge >= 0.3 is 5.97 Å². The molecule has 2 aliphatic rings. The zero-order valence-corrected chi connectivity index (χ0v) is 10.6. The van der Waals surface area contributed by atoms with Crippen LogP contribution in [0.1, 0.15) is 16.9 Å². The van der Waals surface area contributed by atoms with Crippen LogP contribution in [0.25, 0.3) is 0 Å². The van der Waals surface area contributed by atoms with Crippen LogP contribution in [-0.4, -0.2) is 47.8 Å². The fourth-order valence-electron chi connectivity index (χ4n) is 2.74. The van der Waals surface area contributed by atoms with Crippen molar-refractivity contribution in [2.24, 2.45) is 11.7 Å². The molecule has 3 N–H and O–H groups in total. The van der Waals surface area contributed by atoms with Gasteiger partial charge in [0, 0.05) is 18.6 Å². The Bertz CT molecular complexity index is 496. The summed E-state index contributed by atoms with van der Waals surface area (Å²) in [6.07, 6.45) is 4.07. The van der Waals surface area contributed by atoms with E-state index in [1.807, 2.05) is 0 Å². The molecule has 0 bridgehead atoms. The number of nitrogens with two attached hydrogens (primary N) is 1. The molecule has 1 saturated heterocycles. The SMILES string of the molecule is COC(=O)c1cncc(NC2C(N)C3CCOC32)n1. The maximum Gasteiger partial charge on any atom is 0.358 e. The molecule has 0 amide bonds. The van der Waals surface area contributed by atoms with E-state index in [1.54, 1.807) is 6.20 Å². The molecule has 0 spiro atoms. The summed E-state index contributed by atoms with van der Waals surface area (Å²) in [5, 5.41) is 3.19. The zero-order valence-electron chi connectivity index (χ0n) is 10.6. The van der Waals surface area contributed by atoms with Crippen molar-refractivity contribution in [1.82, 2.24) is 9.97 Å². The Kier molecular flexibility index (Phi) is 3.08. The monoisotopic (exact) mass is 264 g/mol. The fourth-order valence-corrected chi connectivity index (χ4v) is 2.74. The van der Waals surface area contributed by atoms with Crippen LogP contribution in [-0.2, 0) is 9.47 Å². The third-order valence-corrected chi connectivity index (χ3v) is 3.79. The van der Waals surface area contributed by atoms with Crippen molar-refractivity contribution < 1.29 is 14.3 Å². The van der Waals surface area contributed by atoms with Crippen molar-refractivity contribution >= 4 is 11.8 Å². The molecule has 1 saturated carbocycles. The van der Waals surface area contributed by atoms with Gasteiger partial charge in [0.05, 0.1) is 31.6 Å². The number of hydrogen-bond donors (Lipinski definition) is 2. The molecule has 7 heteroatoms. The Morgan fingerprint density at radius 1 is 1.58 bits per heavy atom. The number of ether oxygens (including phenoxy) is 2. The highest BCUT2D eigenvalue weighted by atomic mass is 16.5. The number of anilines is 1. The number of aromatic nitrogens is 2. The summed E-state index contributed by atoms with van der Waals surface area (Å²) in [6.45, 7) is 0.759. The van der Waals surface area contributed by atoms with Gasteiger partial charge in [-0.2, -0.15) is 0 Å². The summed E-state index contributed by atoms with van der Waals surface area (Å²) in [5.74, 6) is 0.426. The Balaban J connectivity index is 1.72. The van der Waals surface area contributed by atoms with Gasteiger partial charge in [0.15, 0.2) is 5.69 Å². The maximum absolute atomic E-state index is 11.4. The van der Waals surface area contributed by atoms with E-state index < -0.39 is 5.97 Å². The number of fused-ring (bicyclic) bond motifs is 1. The molecule has 3 rings (SSSR count). The molecular weight excluding hydrogens is 248 g/mol. The largest absolute Gasteiger partial charge is 0.464 e. The smallest absolute Gasteiger partial charge is 0.358 e. The molecule has 19 heavy (non-hydrogen) atoms. The molecular formula is C12H16N4O3. The Labute approximate surface area is 110 Å². The first-order chi connectivity index (χ1) is 9.20. The Morgan fingerprint density at radius 2 is 2.42 bits per heavy atom. The van der Waals surface area contributed by atoms with E-state index in [4.69, 9.17) is 10.5 Å². The zero-order chi connectivity index (χ0) is 13.4. The molecule has 1 aromatic rings. The minimum absolute atomic E-state index is 0.0229. The summed E-state index contributed by atoms with van der Waals surface area (Å²) in [7, 11) is 1.31. The quantitative estimate of drug-likeness (QED) is 0.729. The molecule has 0 radical (unpaired) electrons. The van der Waals surface area contributed by atoms with E-state index in [-0.39, 0.29) is 23.9 Å². The summed E-state index contributed by atoms with van der Waals surface area (Å²) >= 11 is 0. The minimum atomic E-state index is -0.510. The van der Waals surface area contributed by atoms with E-state index in [0.29, 0.717) is 11.7 Å². The highest BCUT2D eigenvalue weighted by Gasteiger charge is 2.52. The van der Waals surface area contributed by atoms with Gasteiger partial charge in [0.25, 0.3) is 0 Å². The standard InChI is InChI=1S/C12H16N4O3/c1-18-12(17)7-4-14-5-8(15-7)16-10-9(13)6-2-3-19-11(6)10/h4-6,9-11H,2-3,13H2,1H3,(H,15,16). The summed E-state index contributed by atoms with van der Waals surface area (Å²) in [4.78, 5) is 19.5. The number of methoxy groups -OCH3 is 1. The van der Waals surface area contributed by atoms with Crippen LogP contribution < -0.4 is 11.1 Å². The van der Waals surface area contributed by atoms with Crippen molar-refractivity contribution in [2.45, 2.75) is 24.6 Å². The van der Waals surface area contributed by atoms with Crippen LogP contribution in [0.5, 0.6) is 0 Å². The number of nitrogens with one attached hydrogen (secondary N) is 1. The van der Waals surface area contributed by atoms with Gasteiger partial charge in [-0.25, -0.2) is 9.78 Å². The summed E-state index contributed by atoms with van der Waals surface area (Å²) < 4.78 is 10.2. The van der Waals surface area contributed by atoms with Crippen LogP contribution >= 0.6 is 0 Å². The molecule has 0 aromatic carbocycles. The van der Waals surface area contributed by atoms with Crippen molar-refractivity contribution in [1.29, 1.82) is 0 Å². The highest BCUT2D eigenvalue weighted by Crippen LogP contribution is 2.39. The first kappa shape index (κ1) is 12.3. The van der Waals surface area contributed by atoms with E-state index in [2.05, 4.69) is 20.0 Å². The molecule has 4 atom stereocenters. The van der Waals surface area contributed by atoms with Crippen LogP contribution in [0.15, 0.2) is 12.4 Å². The number of hydrogen-bond acceptors (Lipinski definition) is 7. The van der Waals surface area contributed by atoms with Gasteiger partial charge in [-0.1, -0.05) is 0 Å². The maximum atomic E-state index is 11.4. The molecule has 102 valence electrons. The number of rotatable bonds is 3. The van der Waals surface area contributed by atoms with E-state index in [9.17, 15) is 4.79 Å². The predicted molar refractivity (Wildman–Crippen MR) is 66.6 cm³/mol. The number of esters is 1. The number of nitrogens with zero attached hydrogens (tertiary/aromatic N) is 2. The van der Waals surface area contributed by atoms with Gasteiger partial charge in [0.1, 0.15) is 5.82 Å². The molecule has 1 aliphatic carbocycles.